The van der Waals surface area contributed by atoms with Crippen molar-refractivity contribution < 1.29 is 0 Å². The number of para-hydroxylation sites is 1. The van der Waals surface area contributed by atoms with Crippen molar-refractivity contribution in [3.05, 3.63) is 112 Å². The second-order valence-corrected chi connectivity index (χ2v) is 9.12. The molecular weight excluding hydrogens is 426 g/mol. The molecule has 0 spiro atoms. The fraction of sp³-hybridized carbons (Fsp3) is 0. The second kappa shape index (κ2) is 7.18. The zero-order chi connectivity index (χ0) is 21.8. The molecule has 1 aromatic carbocycles. The Labute approximate surface area is 194 Å². The van der Waals surface area contributed by atoms with Gasteiger partial charge in [-0.15, -0.1) is 0 Å². The Kier molecular flexibility index (Phi) is 4.01. The smallest absolute Gasteiger partial charge is 0.0870 e. The number of aromatic nitrogens is 1. The van der Waals surface area contributed by atoms with Crippen LogP contribution in [0.25, 0.3) is 17.2 Å². The van der Waals surface area contributed by atoms with E-state index >= 15 is 0 Å². The molecule has 7 rings (SSSR count). The summed E-state index contributed by atoms with van der Waals surface area (Å²) in [6.07, 6.45) is 20.3. The monoisotopic (exact) mass is 443 g/mol. The summed E-state index contributed by atoms with van der Waals surface area (Å²) in [5.41, 5.74) is 7.49. The first-order valence-electron chi connectivity index (χ1n) is 10.7. The van der Waals surface area contributed by atoms with Crippen LogP contribution in [0.2, 0.25) is 0 Å². The molecule has 2 aromatic rings. The van der Waals surface area contributed by atoms with Crippen LogP contribution in [-0.2, 0) is 0 Å². The van der Waals surface area contributed by atoms with E-state index in [2.05, 4.69) is 57.8 Å². The molecular formula is C27H17N5S. The number of fused-ring (bicyclic) bond motifs is 6. The van der Waals surface area contributed by atoms with Crippen molar-refractivity contribution in [1.29, 1.82) is 0 Å². The molecule has 1 aromatic heterocycles. The lowest BCUT2D eigenvalue weighted by molar-refractivity contribution is 1.29. The number of anilines is 1. The molecule has 0 fully saturated rings. The predicted octanol–water partition coefficient (Wildman–Crippen LogP) is 4.23. The molecule has 6 heterocycles. The molecule has 0 saturated heterocycles. The van der Waals surface area contributed by atoms with Gasteiger partial charge in [-0.05, 0) is 79.0 Å². The highest BCUT2D eigenvalue weighted by Gasteiger charge is 2.17. The van der Waals surface area contributed by atoms with Gasteiger partial charge in [-0.3, -0.25) is 0 Å². The van der Waals surface area contributed by atoms with Crippen molar-refractivity contribution >= 4 is 51.8 Å². The number of hydrogen-bond donors (Lipinski definition) is 2. The van der Waals surface area contributed by atoms with Crippen LogP contribution in [0.4, 0.5) is 5.69 Å². The van der Waals surface area contributed by atoms with Crippen LogP contribution in [0.3, 0.4) is 0 Å². The standard InChI is InChI=1S/C27H17N5S/c1-2-4-26-24(3-1)32-27(33-26)23-14-22-13-20-8-7-18(29-20)11-16-5-6-17(28-16)12-19-9-10-21(30-19)15-25(23)31-22/h1-15,31-32H. The largest absolute Gasteiger partial charge is 0.355 e. The summed E-state index contributed by atoms with van der Waals surface area (Å²) >= 11 is 1.75. The summed E-state index contributed by atoms with van der Waals surface area (Å²) in [5.74, 6) is 0. The molecule has 0 amide bonds. The summed E-state index contributed by atoms with van der Waals surface area (Å²) in [6, 6.07) is 10.5. The van der Waals surface area contributed by atoms with Gasteiger partial charge < -0.3 is 10.3 Å². The number of nitrogens with one attached hydrogen (secondary N) is 2. The normalized spacial score (nSPS) is 21.0. The van der Waals surface area contributed by atoms with Gasteiger partial charge in [0.1, 0.15) is 0 Å². The summed E-state index contributed by atoms with van der Waals surface area (Å²) in [7, 11) is 0. The van der Waals surface area contributed by atoms with E-state index in [1.807, 2.05) is 48.6 Å². The fourth-order valence-corrected chi connectivity index (χ4v) is 5.22. The molecule has 5 nitrogen and oxygen atoms in total. The highest BCUT2D eigenvalue weighted by Crippen LogP contribution is 2.40. The lowest BCUT2D eigenvalue weighted by Gasteiger charge is -1.96. The average Bonchev–Trinajstić information content (AvgIpc) is 3.61. The van der Waals surface area contributed by atoms with Crippen LogP contribution >= 0.6 is 11.8 Å². The minimum Gasteiger partial charge on any atom is -0.355 e. The summed E-state index contributed by atoms with van der Waals surface area (Å²) in [5, 5.41) is 6.79. The highest BCUT2D eigenvalue weighted by atomic mass is 32.2. The van der Waals surface area contributed by atoms with Gasteiger partial charge in [0.25, 0.3) is 0 Å². The minimum atomic E-state index is 0.888. The molecule has 156 valence electrons. The number of allylic oxidation sites excluding steroid dienone is 8. The van der Waals surface area contributed by atoms with Gasteiger partial charge in [-0.25, -0.2) is 15.0 Å². The minimum absolute atomic E-state index is 0.888. The first-order valence-corrected chi connectivity index (χ1v) is 11.5. The quantitative estimate of drug-likeness (QED) is 0.640. The van der Waals surface area contributed by atoms with Crippen LogP contribution in [0.1, 0.15) is 5.69 Å². The Hall–Kier alpha value is -4.16. The number of rotatable bonds is 0. The van der Waals surface area contributed by atoms with E-state index in [1.165, 1.54) is 4.90 Å². The molecule has 0 unspecified atom stereocenters. The third-order valence-corrected chi connectivity index (χ3v) is 6.80. The Morgan fingerprint density at radius 2 is 1.30 bits per heavy atom. The Bertz CT molecular complexity index is 1620. The first kappa shape index (κ1) is 18.4. The number of aliphatic imine (C=N–C) groups is 3. The summed E-state index contributed by atoms with van der Waals surface area (Å²) in [4.78, 5) is 19.0. The number of benzene rings is 1. The summed E-state index contributed by atoms with van der Waals surface area (Å²) in [6.45, 7) is 0. The Morgan fingerprint density at radius 3 is 2.00 bits per heavy atom. The summed E-state index contributed by atoms with van der Waals surface area (Å²) < 4.78 is 0. The predicted molar refractivity (Wildman–Crippen MR) is 138 cm³/mol. The van der Waals surface area contributed by atoms with Gasteiger partial charge in [0.05, 0.1) is 50.3 Å². The molecule has 8 bridgehead atoms. The van der Waals surface area contributed by atoms with Gasteiger partial charge in [-0.1, -0.05) is 23.9 Å². The van der Waals surface area contributed by atoms with Gasteiger partial charge in [-0.2, -0.15) is 0 Å². The maximum Gasteiger partial charge on any atom is 0.0870 e. The highest BCUT2D eigenvalue weighted by molar-refractivity contribution is 8.08. The molecule has 0 radical (unpaired) electrons. The van der Waals surface area contributed by atoms with Crippen LogP contribution in [0.5, 0.6) is 0 Å². The molecule has 0 saturated carbocycles. The molecule has 33 heavy (non-hydrogen) atoms. The van der Waals surface area contributed by atoms with E-state index in [-0.39, 0.29) is 0 Å². The first-order chi connectivity index (χ1) is 16.2. The van der Waals surface area contributed by atoms with E-state index in [1.54, 1.807) is 11.8 Å². The topological polar surface area (TPSA) is 64.9 Å². The zero-order valence-corrected chi connectivity index (χ0v) is 18.2. The van der Waals surface area contributed by atoms with Gasteiger partial charge >= 0.3 is 0 Å². The second-order valence-electron chi connectivity index (χ2n) is 8.07. The molecule has 6 heteroatoms. The number of aromatic amines is 1. The SMILES string of the molecule is C1=CC2=NC1=CC1=NC(=Cc3cc(=C4Nc5ccccc5S4)c([nH]3)=CC3=NC(=C2)C=C3)C=C1. The van der Waals surface area contributed by atoms with Crippen LogP contribution in [-0.4, -0.2) is 22.1 Å². The number of nitrogens with zero attached hydrogens (tertiary/aromatic N) is 3. The molecule has 5 aliphatic heterocycles. The van der Waals surface area contributed by atoms with E-state index in [9.17, 15) is 0 Å². The maximum atomic E-state index is 4.79. The lowest BCUT2D eigenvalue weighted by atomic mass is 10.2. The third-order valence-electron chi connectivity index (χ3n) is 5.70. The van der Waals surface area contributed by atoms with Gasteiger partial charge in [0.15, 0.2) is 0 Å². The van der Waals surface area contributed by atoms with Crippen LogP contribution in [0.15, 0.2) is 116 Å². The Morgan fingerprint density at radius 1 is 0.667 bits per heavy atom. The van der Waals surface area contributed by atoms with Crippen molar-refractivity contribution in [3.63, 3.8) is 0 Å². The fourth-order valence-electron chi connectivity index (χ4n) is 4.19. The van der Waals surface area contributed by atoms with E-state index < -0.39 is 0 Å². The molecule has 2 N–H and O–H groups in total. The van der Waals surface area contributed by atoms with Crippen LogP contribution < -0.4 is 15.9 Å². The van der Waals surface area contributed by atoms with Crippen molar-refractivity contribution in [2.24, 2.45) is 15.0 Å². The van der Waals surface area contributed by atoms with Crippen molar-refractivity contribution in [3.8, 4) is 0 Å². The van der Waals surface area contributed by atoms with E-state index in [0.29, 0.717) is 0 Å². The lowest BCUT2D eigenvalue weighted by Crippen LogP contribution is -2.26. The van der Waals surface area contributed by atoms with Gasteiger partial charge in [0.2, 0.25) is 0 Å². The third kappa shape index (κ3) is 3.41. The zero-order valence-electron chi connectivity index (χ0n) is 17.4. The molecule has 0 atom stereocenters. The maximum absolute atomic E-state index is 4.79. The molecule has 0 aliphatic carbocycles. The van der Waals surface area contributed by atoms with Crippen molar-refractivity contribution in [2.45, 2.75) is 4.90 Å². The number of hydrogen-bond acceptors (Lipinski definition) is 5. The molecule has 5 aliphatic rings. The number of H-pyrrole nitrogens is 1. The number of thioether (sulfide) groups is 1. The average molecular weight is 444 g/mol. The van der Waals surface area contributed by atoms with Crippen LogP contribution in [0, 0.1) is 0 Å². The van der Waals surface area contributed by atoms with Crippen molar-refractivity contribution in [1.82, 2.24) is 4.98 Å². The van der Waals surface area contributed by atoms with E-state index in [0.717, 1.165) is 61.2 Å². The Balaban J connectivity index is 1.44. The van der Waals surface area contributed by atoms with Crippen molar-refractivity contribution in [2.75, 3.05) is 5.32 Å². The van der Waals surface area contributed by atoms with Gasteiger partial charge in [0, 0.05) is 15.8 Å². The van der Waals surface area contributed by atoms with E-state index in [4.69, 9.17) is 9.98 Å².